The van der Waals surface area contributed by atoms with E-state index in [1.54, 1.807) is 25.2 Å². The van der Waals surface area contributed by atoms with Gasteiger partial charge in [-0.15, -0.1) is 0 Å². The molecule has 0 spiro atoms. The summed E-state index contributed by atoms with van der Waals surface area (Å²) < 4.78 is 0. The first-order valence-corrected chi connectivity index (χ1v) is 6.92. The monoisotopic (exact) mass is 324 g/mol. The van der Waals surface area contributed by atoms with Gasteiger partial charge in [-0.2, -0.15) is 0 Å². The van der Waals surface area contributed by atoms with Crippen molar-refractivity contribution in [1.82, 2.24) is 4.90 Å². The lowest BCUT2D eigenvalue weighted by molar-refractivity contribution is 0.0785. The summed E-state index contributed by atoms with van der Waals surface area (Å²) >= 11 is 11.9. The number of aromatic hydroxyl groups is 1. The van der Waals surface area contributed by atoms with Gasteiger partial charge in [-0.1, -0.05) is 23.2 Å². The maximum atomic E-state index is 12.3. The van der Waals surface area contributed by atoms with Gasteiger partial charge in [0.1, 0.15) is 5.75 Å². The fourth-order valence-electron chi connectivity index (χ4n) is 1.90. The molecule has 0 aromatic heterocycles. The van der Waals surface area contributed by atoms with E-state index in [0.29, 0.717) is 22.8 Å². The van der Waals surface area contributed by atoms with Crippen molar-refractivity contribution in [3.8, 4) is 5.75 Å². The van der Waals surface area contributed by atoms with Crippen LogP contribution in [0.25, 0.3) is 0 Å². The second-order valence-corrected chi connectivity index (χ2v) is 5.49. The summed E-state index contributed by atoms with van der Waals surface area (Å²) in [5, 5.41) is 10.1. The lowest BCUT2D eigenvalue weighted by Gasteiger charge is -2.18. The maximum Gasteiger partial charge on any atom is 0.253 e. The van der Waals surface area contributed by atoms with Crippen LogP contribution < -0.4 is 5.73 Å². The zero-order valence-electron chi connectivity index (χ0n) is 11.3. The molecule has 0 saturated carbocycles. The molecule has 0 heterocycles. The zero-order valence-corrected chi connectivity index (χ0v) is 12.8. The van der Waals surface area contributed by atoms with E-state index < -0.39 is 0 Å². The SMILES string of the molecule is CN(Cc1cc(N)ccc1Cl)C(=O)c1ccc(O)c(Cl)c1. The zero-order chi connectivity index (χ0) is 15.6. The average molecular weight is 325 g/mol. The van der Waals surface area contributed by atoms with Gasteiger partial charge in [0.25, 0.3) is 5.91 Å². The smallest absolute Gasteiger partial charge is 0.253 e. The van der Waals surface area contributed by atoms with E-state index in [2.05, 4.69) is 0 Å². The van der Waals surface area contributed by atoms with E-state index >= 15 is 0 Å². The van der Waals surface area contributed by atoms with Crippen molar-refractivity contribution in [1.29, 1.82) is 0 Å². The summed E-state index contributed by atoms with van der Waals surface area (Å²) in [6.45, 7) is 0.321. The molecule has 110 valence electrons. The minimum Gasteiger partial charge on any atom is -0.506 e. The van der Waals surface area contributed by atoms with Crippen LogP contribution in [0.4, 0.5) is 5.69 Å². The van der Waals surface area contributed by atoms with E-state index in [0.717, 1.165) is 5.56 Å². The number of hydrogen-bond acceptors (Lipinski definition) is 3. The summed E-state index contributed by atoms with van der Waals surface area (Å²) in [6.07, 6.45) is 0. The van der Waals surface area contributed by atoms with Crippen molar-refractivity contribution >= 4 is 34.8 Å². The number of halogens is 2. The molecule has 2 rings (SSSR count). The van der Waals surface area contributed by atoms with Crippen LogP contribution >= 0.6 is 23.2 Å². The van der Waals surface area contributed by atoms with E-state index in [9.17, 15) is 9.90 Å². The van der Waals surface area contributed by atoms with Crippen LogP contribution in [0.1, 0.15) is 15.9 Å². The summed E-state index contributed by atoms with van der Waals surface area (Å²) in [5.41, 5.74) is 7.46. The van der Waals surface area contributed by atoms with Gasteiger partial charge in [0.2, 0.25) is 0 Å². The number of anilines is 1. The molecular formula is C15H14Cl2N2O2. The summed E-state index contributed by atoms with van der Waals surface area (Å²) in [6, 6.07) is 9.46. The van der Waals surface area contributed by atoms with Crippen molar-refractivity contribution < 1.29 is 9.90 Å². The van der Waals surface area contributed by atoms with Crippen LogP contribution in [-0.4, -0.2) is 23.0 Å². The van der Waals surface area contributed by atoms with Gasteiger partial charge >= 0.3 is 0 Å². The molecule has 21 heavy (non-hydrogen) atoms. The van der Waals surface area contributed by atoms with Crippen LogP contribution in [0.2, 0.25) is 10.0 Å². The van der Waals surface area contributed by atoms with Crippen molar-refractivity contribution in [2.75, 3.05) is 12.8 Å². The molecule has 2 aromatic carbocycles. The number of hydrogen-bond donors (Lipinski definition) is 2. The van der Waals surface area contributed by atoms with E-state index in [1.807, 2.05) is 0 Å². The molecule has 0 atom stereocenters. The fourth-order valence-corrected chi connectivity index (χ4v) is 2.26. The predicted octanol–water partition coefficient (Wildman–Crippen LogP) is 3.55. The summed E-state index contributed by atoms with van der Waals surface area (Å²) in [7, 11) is 1.66. The molecule has 0 unspecified atom stereocenters. The Kier molecular flexibility index (Phi) is 4.60. The second kappa shape index (κ2) is 6.24. The third-order valence-electron chi connectivity index (χ3n) is 3.02. The van der Waals surface area contributed by atoms with Crippen molar-refractivity contribution in [2.45, 2.75) is 6.54 Å². The summed E-state index contributed by atoms with van der Waals surface area (Å²) in [4.78, 5) is 13.8. The molecule has 2 aromatic rings. The molecule has 0 aliphatic carbocycles. The molecule has 0 aliphatic heterocycles. The first-order valence-electron chi connectivity index (χ1n) is 6.16. The van der Waals surface area contributed by atoms with E-state index in [-0.39, 0.29) is 16.7 Å². The van der Waals surface area contributed by atoms with Crippen molar-refractivity contribution in [2.24, 2.45) is 0 Å². The number of nitrogen functional groups attached to an aromatic ring is 1. The molecule has 0 radical (unpaired) electrons. The highest BCUT2D eigenvalue weighted by atomic mass is 35.5. The van der Waals surface area contributed by atoms with Crippen LogP contribution in [-0.2, 0) is 6.54 Å². The molecule has 6 heteroatoms. The van der Waals surface area contributed by atoms with Crippen LogP contribution in [0, 0.1) is 0 Å². The third kappa shape index (κ3) is 3.60. The highest BCUT2D eigenvalue weighted by Crippen LogP contribution is 2.25. The number of nitrogens with zero attached hydrogens (tertiary/aromatic N) is 1. The summed E-state index contributed by atoms with van der Waals surface area (Å²) in [5.74, 6) is -0.287. The number of benzene rings is 2. The number of rotatable bonds is 3. The first kappa shape index (κ1) is 15.5. The molecule has 0 aliphatic rings. The number of amides is 1. The van der Waals surface area contributed by atoms with Crippen molar-refractivity contribution in [3.63, 3.8) is 0 Å². The standard InChI is InChI=1S/C15H14Cl2N2O2/c1-19(8-10-6-11(18)3-4-12(10)16)15(21)9-2-5-14(20)13(17)7-9/h2-7,20H,8,18H2,1H3. The first-order chi connectivity index (χ1) is 9.88. The van der Waals surface area contributed by atoms with Crippen LogP contribution in [0.3, 0.4) is 0 Å². The minimum atomic E-state index is -0.226. The molecule has 3 N–H and O–H groups in total. The Morgan fingerprint density at radius 2 is 1.90 bits per heavy atom. The third-order valence-corrected chi connectivity index (χ3v) is 3.69. The minimum absolute atomic E-state index is 0.0604. The van der Waals surface area contributed by atoms with Gasteiger partial charge in [0.15, 0.2) is 0 Å². The van der Waals surface area contributed by atoms with Gasteiger partial charge in [-0.3, -0.25) is 4.79 Å². The molecular weight excluding hydrogens is 311 g/mol. The normalized spacial score (nSPS) is 10.4. The van der Waals surface area contributed by atoms with Gasteiger partial charge in [-0.25, -0.2) is 0 Å². The molecule has 0 fully saturated rings. The number of phenolic OH excluding ortho intramolecular Hbond substituents is 1. The Bertz CT molecular complexity index is 689. The highest BCUT2D eigenvalue weighted by molar-refractivity contribution is 6.32. The molecule has 0 bridgehead atoms. The van der Waals surface area contributed by atoms with Gasteiger partial charge < -0.3 is 15.7 Å². The van der Waals surface area contributed by atoms with Gasteiger partial charge in [0, 0.05) is 29.9 Å². The number of carbonyl (C=O) groups excluding carboxylic acids is 1. The lowest BCUT2D eigenvalue weighted by Crippen LogP contribution is -2.26. The highest BCUT2D eigenvalue weighted by Gasteiger charge is 2.15. The average Bonchev–Trinajstić information content (AvgIpc) is 2.45. The van der Waals surface area contributed by atoms with Crippen molar-refractivity contribution in [3.05, 3.63) is 57.6 Å². The van der Waals surface area contributed by atoms with E-state index in [1.165, 1.54) is 23.1 Å². The maximum absolute atomic E-state index is 12.3. The Hall–Kier alpha value is -1.91. The fraction of sp³-hybridized carbons (Fsp3) is 0.133. The topological polar surface area (TPSA) is 66.6 Å². The second-order valence-electron chi connectivity index (χ2n) is 4.68. The molecule has 1 amide bonds. The number of phenols is 1. The Balaban J connectivity index is 2.19. The Morgan fingerprint density at radius 3 is 2.57 bits per heavy atom. The number of nitrogens with two attached hydrogens (primary N) is 1. The lowest BCUT2D eigenvalue weighted by atomic mass is 10.1. The molecule has 0 saturated heterocycles. The Morgan fingerprint density at radius 1 is 1.19 bits per heavy atom. The van der Waals surface area contributed by atoms with Crippen LogP contribution in [0.5, 0.6) is 5.75 Å². The number of carbonyl (C=O) groups is 1. The predicted molar refractivity (Wildman–Crippen MR) is 84.8 cm³/mol. The van der Waals surface area contributed by atoms with E-state index in [4.69, 9.17) is 28.9 Å². The molecule has 4 nitrogen and oxygen atoms in total. The van der Waals surface area contributed by atoms with Crippen LogP contribution in [0.15, 0.2) is 36.4 Å². The van der Waals surface area contributed by atoms with Gasteiger partial charge in [0.05, 0.1) is 5.02 Å². The quantitative estimate of drug-likeness (QED) is 0.848. The Labute approximate surface area is 132 Å². The van der Waals surface area contributed by atoms with Gasteiger partial charge in [-0.05, 0) is 42.0 Å². The largest absolute Gasteiger partial charge is 0.506 e.